The minimum Gasteiger partial charge on any atom is -0.310 e. The molecule has 1 N–H and O–H groups in total. The highest BCUT2D eigenvalue weighted by Gasteiger charge is 2.23. The Balaban J connectivity index is 1.14. The van der Waals surface area contributed by atoms with Crippen LogP contribution in [0.3, 0.4) is 0 Å². The van der Waals surface area contributed by atoms with E-state index in [1.807, 2.05) is 40.9 Å². The molecule has 2 fully saturated rings. The Kier molecular flexibility index (Phi) is 7.06. The number of unbranched alkanes of at least 4 members (excludes halogenated alkanes) is 1. The van der Waals surface area contributed by atoms with Gasteiger partial charge in [0.05, 0.1) is 15.9 Å². The molecule has 0 radical (unpaired) electrons. The zero-order valence-electron chi connectivity index (χ0n) is 20.9. The molecule has 2 aliphatic heterocycles. The lowest BCUT2D eigenvalue weighted by Gasteiger charge is -2.28. The molecule has 4 aromatic rings. The zero-order valence-corrected chi connectivity index (χ0v) is 21.7. The number of benzene rings is 2. The summed E-state index contributed by atoms with van der Waals surface area (Å²) in [5, 5.41) is 3.38. The van der Waals surface area contributed by atoms with E-state index in [9.17, 15) is 9.18 Å². The van der Waals surface area contributed by atoms with Crippen LogP contribution >= 0.6 is 11.3 Å². The van der Waals surface area contributed by atoms with Gasteiger partial charge in [0.1, 0.15) is 12.0 Å². The Hall–Kier alpha value is -2.68. The van der Waals surface area contributed by atoms with Crippen LogP contribution in [0, 0.1) is 5.82 Å². The Bertz CT molecular complexity index is 1420. The van der Waals surface area contributed by atoms with Crippen molar-refractivity contribution in [3.05, 3.63) is 59.5 Å². The molecule has 37 heavy (non-hydrogen) atoms. The normalized spacial score (nSPS) is 19.4. The summed E-state index contributed by atoms with van der Waals surface area (Å²) in [7, 11) is 0. The highest BCUT2D eigenvalue weighted by Crippen LogP contribution is 2.34. The second-order valence-corrected chi connectivity index (χ2v) is 11.3. The molecule has 2 aromatic carbocycles. The number of aromatic nitrogens is 2. The molecule has 2 aliphatic rings. The van der Waals surface area contributed by atoms with E-state index in [1.54, 1.807) is 6.07 Å². The molecular weight excluding hydrogens is 490 g/mol. The third-order valence-electron chi connectivity index (χ3n) is 7.80. The molecule has 2 aromatic heterocycles. The summed E-state index contributed by atoms with van der Waals surface area (Å²) in [6.45, 7) is 3.50. The third-order valence-corrected chi connectivity index (χ3v) is 8.82. The van der Waals surface area contributed by atoms with E-state index in [0.717, 1.165) is 72.6 Å². The van der Waals surface area contributed by atoms with Crippen LogP contribution in [0.25, 0.3) is 26.4 Å². The van der Waals surface area contributed by atoms with E-state index >= 15 is 4.39 Å². The van der Waals surface area contributed by atoms with Crippen molar-refractivity contribution in [2.24, 2.45) is 0 Å². The third kappa shape index (κ3) is 5.07. The lowest BCUT2D eigenvalue weighted by Crippen LogP contribution is -2.35. The van der Waals surface area contributed by atoms with Gasteiger partial charge >= 0.3 is 0 Å². The van der Waals surface area contributed by atoms with E-state index in [1.165, 1.54) is 11.3 Å². The molecule has 8 heteroatoms. The average molecular weight is 523 g/mol. The van der Waals surface area contributed by atoms with Crippen molar-refractivity contribution in [2.75, 3.05) is 26.2 Å². The second kappa shape index (κ2) is 10.6. The number of likely N-dealkylation sites (tertiary alicyclic amines) is 1. The van der Waals surface area contributed by atoms with Crippen molar-refractivity contribution >= 4 is 32.3 Å². The summed E-state index contributed by atoms with van der Waals surface area (Å²) in [6.07, 6.45) is 6.82. The molecule has 0 spiro atoms. The molecule has 194 valence electrons. The van der Waals surface area contributed by atoms with Gasteiger partial charge in [-0.25, -0.2) is 13.8 Å². The van der Waals surface area contributed by atoms with E-state index in [-0.39, 0.29) is 17.6 Å². The van der Waals surface area contributed by atoms with Gasteiger partial charge < -0.3 is 10.2 Å². The van der Waals surface area contributed by atoms with Gasteiger partial charge in [0.25, 0.3) is 0 Å². The summed E-state index contributed by atoms with van der Waals surface area (Å²) in [5.74, 6) is -0.0489. The van der Waals surface area contributed by atoms with Gasteiger partial charge in [0.15, 0.2) is 10.7 Å². The monoisotopic (exact) mass is 522 g/mol. The fraction of sp³-hybridized carbons (Fsp3) is 0.448. The lowest BCUT2D eigenvalue weighted by molar-refractivity contribution is 0.0976. The molecule has 0 aliphatic carbocycles. The number of alkyl halides is 1. The van der Waals surface area contributed by atoms with Crippen LogP contribution in [0.5, 0.6) is 0 Å². The van der Waals surface area contributed by atoms with Crippen molar-refractivity contribution in [1.82, 2.24) is 19.6 Å². The smallest absolute Gasteiger partial charge is 0.195 e. The summed E-state index contributed by atoms with van der Waals surface area (Å²) in [5.41, 5.74) is 3.56. The number of nitrogens with one attached hydrogen (secondary N) is 1. The maximum Gasteiger partial charge on any atom is 0.195 e. The number of fused-ring (bicyclic) bond motifs is 3. The number of rotatable bonds is 8. The maximum atomic E-state index is 15.4. The van der Waals surface area contributed by atoms with Gasteiger partial charge in [0, 0.05) is 48.4 Å². The molecule has 0 amide bonds. The number of hydrogen-bond donors (Lipinski definition) is 1. The Labute approximate surface area is 219 Å². The topological polar surface area (TPSA) is 49.6 Å². The first-order valence-corrected chi connectivity index (χ1v) is 14.2. The predicted molar refractivity (Wildman–Crippen MR) is 145 cm³/mol. The van der Waals surface area contributed by atoms with Crippen molar-refractivity contribution in [1.29, 1.82) is 0 Å². The number of halogens is 2. The molecule has 6 rings (SSSR count). The Morgan fingerprint density at radius 2 is 2.00 bits per heavy atom. The first-order valence-electron chi connectivity index (χ1n) is 13.4. The van der Waals surface area contributed by atoms with Crippen LogP contribution in [0.4, 0.5) is 8.78 Å². The first kappa shape index (κ1) is 24.6. The number of carbonyl (C=O) groups is 1. The molecular formula is C29H32F2N4OS. The van der Waals surface area contributed by atoms with Crippen LogP contribution in [0.1, 0.15) is 66.9 Å². The summed E-state index contributed by atoms with van der Waals surface area (Å²) in [4.78, 5) is 20.7. The summed E-state index contributed by atoms with van der Waals surface area (Å²) >= 11 is 1.52. The minimum atomic E-state index is -0.647. The van der Waals surface area contributed by atoms with E-state index in [2.05, 4.69) is 10.2 Å². The van der Waals surface area contributed by atoms with Crippen molar-refractivity contribution in [3.8, 4) is 11.3 Å². The number of hydrogen-bond acceptors (Lipinski definition) is 5. The SMILES string of the molecule is O=C(CCCCN1CCC(F)CC1)c1ccc2c(c1)sc1nc(-c3cccc([C@H]4CCCN4)c3F)cn12. The summed E-state index contributed by atoms with van der Waals surface area (Å²) < 4.78 is 31.7. The van der Waals surface area contributed by atoms with E-state index in [4.69, 9.17) is 4.98 Å². The fourth-order valence-electron chi connectivity index (χ4n) is 5.66. The van der Waals surface area contributed by atoms with Crippen LogP contribution in [0.15, 0.2) is 42.6 Å². The van der Waals surface area contributed by atoms with Crippen LogP contribution in [-0.2, 0) is 0 Å². The molecule has 5 nitrogen and oxygen atoms in total. The average Bonchev–Trinajstić information content (AvgIpc) is 3.64. The van der Waals surface area contributed by atoms with Gasteiger partial charge in [-0.3, -0.25) is 9.20 Å². The lowest BCUT2D eigenvalue weighted by atomic mass is 10.0. The van der Waals surface area contributed by atoms with Crippen LogP contribution in [0.2, 0.25) is 0 Å². The maximum absolute atomic E-state index is 15.4. The van der Waals surface area contributed by atoms with Gasteiger partial charge in [-0.15, -0.1) is 0 Å². The number of thiazole rings is 1. The van der Waals surface area contributed by atoms with Gasteiger partial charge in [-0.1, -0.05) is 23.5 Å². The molecule has 0 saturated carbocycles. The molecule has 1 atom stereocenters. The van der Waals surface area contributed by atoms with Crippen molar-refractivity contribution < 1.29 is 13.6 Å². The Morgan fingerprint density at radius 3 is 2.81 bits per heavy atom. The number of carbonyl (C=O) groups excluding carboxylic acids is 1. The zero-order chi connectivity index (χ0) is 25.4. The number of Topliss-reactive ketones (excluding diaryl/α,β-unsaturated/α-hetero) is 1. The minimum absolute atomic E-state index is 0.0642. The van der Waals surface area contributed by atoms with Crippen molar-refractivity contribution in [3.63, 3.8) is 0 Å². The van der Waals surface area contributed by atoms with Crippen LogP contribution in [-0.4, -0.2) is 52.4 Å². The van der Waals surface area contributed by atoms with Gasteiger partial charge in [-0.05, 0) is 75.9 Å². The molecule has 2 saturated heterocycles. The molecule has 4 heterocycles. The first-order chi connectivity index (χ1) is 18.1. The number of ketones is 1. The standard InChI is InChI=1S/C29H32F2N4OS/c30-20-11-15-34(16-12-20)14-2-1-8-26(36)19-9-10-25-27(17-19)37-29-33-24(18-35(25)29)22-6-3-5-21(28(22)31)23-7-4-13-32-23/h3,5-6,9-10,17-18,20,23,32H,1-2,4,7-8,11-16H2/t23-/m1/s1. The highest BCUT2D eigenvalue weighted by atomic mass is 32.1. The molecule has 0 unspecified atom stereocenters. The van der Waals surface area contributed by atoms with Crippen LogP contribution < -0.4 is 5.32 Å². The second-order valence-electron chi connectivity index (χ2n) is 10.3. The van der Waals surface area contributed by atoms with E-state index < -0.39 is 6.17 Å². The Morgan fingerprint density at radius 1 is 1.14 bits per heavy atom. The quantitative estimate of drug-likeness (QED) is 0.210. The number of piperidine rings is 1. The fourth-order valence-corrected chi connectivity index (χ4v) is 6.71. The highest BCUT2D eigenvalue weighted by molar-refractivity contribution is 7.23. The number of nitrogens with zero attached hydrogens (tertiary/aromatic N) is 3. The van der Waals surface area contributed by atoms with Gasteiger partial charge in [0.2, 0.25) is 0 Å². The van der Waals surface area contributed by atoms with Gasteiger partial charge in [-0.2, -0.15) is 0 Å². The number of imidazole rings is 1. The molecule has 0 bridgehead atoms. The van der Waals surface area contributed by atoms with Crippen molar-refractivity contribution in [2.45, 2.75) is 57.2 Å². The van der Waals surface area contributed by atoms with E-state index in [0.29, 0.717) is 36.1 Å². The predicted octanol–water partition coefficient (Wildman–Crippen LogP) is 6.57. The largest absolute Gasteiger partial charge is 0.310 e. The summed E-state index contributed by atoms with van der Waals surface area (Å²) in [6, 6.07) is 11.4.